The summed E-state index contributed by atoms with van der Waals surface area (Å²) >= 11 is 0. The van der Waals surface area contributed by atoms with Gasteiger partial charge in [-0.25, -0.2) is 0 Å². The van der Waals surface area contributed by atoms with E-state index in [2.05, 4.69) is 16.8 Å². The molecule has 1 N–H and O–H groups in total. The van der Waals surface area contributed by atoms with Crippen LogP contribution in [0.2, 0.25) is 0 Å². The van der Waals surface area contributed by atoms with Gasteiger partial charge in [0.2, 0.25) is 0 Å². The number of hydrogen-bond acceptors (Lipinski definition) is 4. The van der Waals surface area contributed by atoms with E-state index in [9.17, 15) is 5.11 Å². The van der Waals surface area contributed by atoms with Gasteiger partial charge in [0.25, 0.3) is 0 Å². The summed E-state index contributed by atoms with van der Waals surface area (Å²) in [6.45, 7) is 5.75. The Morgan fingerprint density at radius 2 is 2.00 bits per heavy atom. The highest BCUT2D eigenvalue weighted by molar-refractivity contribution is 4.99. The van der Waals surface area contributed by atoms with Gasteiger partial charge in [-0.2, -0.15) is 0 Å². The van der Waals surface area contributed by atoms with E-state index in [0.29, 0.717) is 6.04 Å². The highest BCUT2D eigenvalue weighted by Crippen LogP contribution is 2.39. The molecule has 1 spiro atoms. The number of likely N-dealkylation sites (N-methyl/N-ethyl adjacent to an activating group) is 1. The topological polar surface area (TPSA) is 35.9 Å². The number of aliphatic hydroxyl groups excluding tert-OH is 1. The van der Waals surface area contributed by atoms with Gasteiger partial charge in [-0.05, 0) is 46.1 Å². The molecular formula is C15H28N2O2. The Bertz CT molecular complexity index is 309. The van der Waals surface area contributed by atoms with Crippen molar-refractivity contribution in [3.05, 3.63) is 0 Å². The van der Waals surface area contributed by atoms with Crippen molar-refractivity contribution in [2.24, 2.45) is 0 Å². The Labute approximate surface area is 116 Å². The van der Waals surface area contributed by atoms with Crippen LogP contribution >= 0.6 is 0 Å². The minimum absolute atomic E-state index is 0.142. The number of piperidine rings is 1. The molecule has 2 atom stereocenters. The summed E-state index contributed by atoms with van der Waals surface area (Å²) in [5.74, 6) is 0. The van der Waals surface area contributed by atoms with Crippen molar-refractivity contribution >= 4 is 0 Å². The second kappa shape index (κ2) is 5.32. The molecule has 2 unspecified atom stereocenters. The van der Waals surface area contributed by atoms with Crippen LogP contribution in [0, 0.1) is 0 Å². The first kappa shape index (κ1) is 13.8. The quantitative estimate of drug-likeness (QED) is 0.828. The molecule has 0 aromatic heterocycles. The SMILES string of the molecule is CC(O)CN1CCC2(CC1)CC(N(C)C1CC1)CO2. The van der Waals surface area contributed by atoms with Gasteiger partial charge in [0, 0.05) is 31.7 Å². The number of nitrogens with zero attached hydrogens (tertiary/aromatic N) is 2. The van der Waals surface area contributed by atoms with E-state index >= 15 is 0 Å². The van der Waals surface area contributed by atoms with Crippen LogP contribution in [0.25, 0.3) is 0 Å². The van der Waals surface area contributed by atoms with Crippen molar-refractivity contribution in [1.29, 1.82) is 0 Å². The lowest BCUT2D eigenvalue weighted by Gasteiger charge is -2.39. The molecule has 0 bridgehead atoms. The number of likely N-dealkylation sites (tertiary alicyclic amines) is 1. The maximum Gasteiger partial charge on any atom is 0.0723 e. The maximum absolute atomic E-state index is 9.46. The normalized spacial score (nSPS) is 33.2. The van der Waals surface area contributed by atoms with Crippen LogP contribution in [-0.2, 0) is 4.74 Å². The average molecular weight is 268 g/mol. The van der Waals surface area contributed by atoms with E-state index in [4.69, 9.17) is 4.74 Å². The minimum Gasteiger partial charge on any atom is -0.392 e. The number of hydrogen-bond donors (Lipinski definition) is 1. The van der Waals surface area contributed by atoms with Gasteiger partial charge in [-0.1, -0.05) is 0 Å². The molecule has 0 aromatic carbocycles. The number of aliphatic hydroxyl groups is 1. The summed E-state index contributed by atoms with van der Waals surface area (Å²) in [5.41, 5.74) is 0.142. The molecule has 110 valence electrons. The van der Waals surface area contributed by atoms with Crippen LogP contribution in [0.4, 0.5) is 0 Å². The zero-order chi connectivity index (χ0) is 13.5. The molecule has 2 saturated heterocycles. The van der Waals surface area contributed by atoms with E-state index in [1.807, 2.05) is 6.92 Å². The van der Waals surface area contributed by atoms with Crippen molar-refractivity contribution in [1.82, 2.24) is 9.80 Å². The molecule has 4 heteroatoms. The van der Waals surface area contributed by atoms with E-state index < -0.39 is 0 Å². The van der Waals surface area contributed by atoms with Gasteiger partial charge in [0.05, 0.1) is 18.3 Å². The number of β-amino-alcohol motifs (C(OH)–C–C–N with tert-alkyl or cyclic N) is 1. The Morgan fingerprint density at radius 3 is 2.58 bits per heavy atom. The highest BCUT2D eigenvalue weighted by atomic mass is 16.5. The smallest absolute Gasteiger partial charge is 0.0723 e. The van der Waals surface area contributed by atoms with Crippen molar-refractivity contribution in [2.45, 2.75) is 62.8 Å². The summed E-state index contributed by atoms with van der Waals surface area (Å²) in [6.07, 6.45) is 6.02. The van der Waals surface area contributed by atoms with Crippen molar-refractivity contribution in [2.75, 3.05) is 33.3 Å². The predicted molar refractivity (Wildman–Crippen MR) is 75.2 cm³/mol. The maximum atomic E-state index is 9.46. The Balaban J connectivity index is 1.50. The van der Waals surface area contributed by atoms with Gasteiger partial charge < -0.3 is 14.7 Å². The van der Waals surface area contributed by atoms with Crippen molar-refractivity contribution in [3.8, 4) is 0 Å². The molecule has 3 aliphatic rings. The van der Waals surface area contributed by atoms with E-state index in [-0.39, 0.29) is 11.7 Å². The molecule has 3 rings (SSSR count). The third-order valence-electron chi connectivity index (χ3n) is 5.18. The fourth-order valence-electron chi connectivity index (χ4n) is 3.73. The molecule has 1 aliphatic carbocycles. The van der Waals surface area contributed by atoms with Crippen LogP contribution in [0.1, 0.15) is 39.0 Å². The van der Waals surface area contributed by atoms with Crippen LogP contribution in [0.3, 0.4) is 0 Å². The minimum atomic E-state index is -0.215. The molecule has 2 aliphatic heterocycles. The summed E-state index contributed by atoms with van der Waals surface area (Å²) in [4.78, 5) is 4.92. The molecule has 0 amide bonds. The van der Waals surface area contributed by atoms with Crippen molar-refractivity contribution < 1.29 is 9.84 Å². The lowest BCUT2D eigenvalue weighted by atomic mass is 9.87. The average Bonchev–Trinajstić information content (AvgIpc) is 3.14. The van der Waals surface area contributed by atoms with Gasteiger partial charge in [0.15, 0.2) is 0 Å². The van der Waals surface area contributed by atoms with Gasteiger partial charge in [-0.3, -0.25) is 4.90 Å². The third-order valence-corrected chi connectivity index (χ3v) is 5.18. The molecule has 0 aromatic rings. The molecule has 3 fully saturated rings. The zero-order valence-electron chi connectivity index (χ0n) is 12.3. The molecular weight excluding hydrogens is 240 g/mol. The van der Waals surface area contributed by atoms with Crippen molar-refractivity contribution in [3.63, 3.8) is 0 Å². The van der Waals surface area contributed by atoms with Crippen LogP contribution in [0.5, 0.6) is 0 Å². The second-order valence-electron chi connectivity index (χ2n) is 6.90. The Morgan fingerprint density at radius 1 is 1.32 bits per heavy atom. The van der Waals surface area contributed by atoms with Gasteiger partial charge in [-0.15, -0.1) is 0 Å². The first-order valence-corrected chi connectivity index (χ1v) is 7.84. The molecule has 4 nitrogen and oxygen atoms in total. The van der Waals surface area contributed by atoms with E-state index in [0.717, 1.165) is 45.1 Å². The van der Waals surface area contributed by atoms with E-state index in [1.165, 1.54) is 19.3 Å². The highest BCUT2D eigenvalue weighted by Gasteiger charge is 2.45. The predicted octanol–water partition coefficient (Wildman–Crippen LogP) is 1.08. The summed E-state index contributed by atoms with van der Waals surface area (Å²) in [6, 6.07) is 1.47. The van der Waals surface area contributed by atoms with Crippen LogP contribution in [-0.4, -0.2) is 72.0 Å². The molecule has 1 saturated carbocycles. The number of rotatable bonds is 4. The first-order chi connectivity index (χ1) is 9.08. The lowest BCUT2D eigenvalue weighted by Crippen LogP contribution is -2.46. The monoisotopic (exact) mass is 268 g/mol. The second-order valence-corrected chi connectivity index (χ2v) is 6.90. The van der Waals surface area contributed by atoms with Gasteiger partial charge >= 0.3 is 0 Å². The van der Waals surface area contributed by atoms with Gasteiger partial charge in [0.1, 0.15) is 0 Å². The van der Waals surface area contributed by atoms with Crippen LogP contribution in [0.15, 0.2) is 0 Å². The summed E-state index contributed by atoms with van der Waals surface area (Å²) < 4.78 is 6.22. The fourth-order valence-corrected chi connectivity index (χ4v) is 3.73. The largest absolute Gasteiger partial charge is 0.392 e. The molecule has 2 heterocycles. The molecule has 19 heavy (non-hydrogen) atoms. The third kappa shape index (κ3) is 3.13. The summed E-state index contributed by atoms with van der Waals surface area (Å²) in [7, 11) is 2.27. The zero-order valence-corrected chi connectivity index (χ0v) is 12.3. The van der Waals surface area contributed by atoms with E-state index in [1.54, 1.807) is 0 Å². The summed E-state index contributed by atoms with van der Waals surface area (Å²) in [5, 5.41) is 9.46. The Kier molecular flexibility index (Phi) is 3.87. The Hall–Kier alpha value is -0.160. The first-order valence-electron chi connectivity index (χ1n) is 7.84. The number of ether oxygens (including phenoxy) is 1. The lowest BCUT2D eigenvalue weighted by molar-refractivity contribution is -0.0488. The fraction of sp³-hybridized carbons (Fsp3) is 1.00. The van der Waals surface area contributed by atoms with Crippen LogP contribution < -0.4 is 0 Å². The standard InChI is InChI=1S/C15H28N2O2/c1-12(18)10-17-7-5-15(6-8-17)9-14(11-19-15)16(2)13-3-4-13/h12-14,18H,3-11H2,1-2H3. The molecule has 0 radical (unpaired) electrons.